The van der Waals surface area contributed by atoms with Crippen LogP contribution in [0.4, 0.5) is 17.6 Å². The van der Waals surface area contributed by atoms with Gasteiger partial charge in [0.05, 0.1) is 5.69 Å². The Hall–Kier alpha value is -3.67. The Kier molecular flexibility index (Phi) is 7.49. The number of fused-ring (bicyclic) bond motifs is 1. The Morgan fingerprint density at radius 3 is 2.31 bits per heavy atom. The maximum atomic E-state index is 15.2. The van der Waals surface area contributed by atoms with Crippen molar-refractivity contribution in [2.75, 3.05) is 6.61 Å². The normalized spacial score (nSPS) is 11.5. The molecule has 2 nitrogen and oxygen atoms in total. The molecule has 0 aliphatic rings. The molecule has 0 N–H and O–H groups in total. The number of rotatable bonds is 9. The average Bonchev–Trinajstić information content (AvgIpc) is 2.86. The van der Waals surface area contributed by atoms with Gasteiger partial charge >= 0.3 is 6.18 Å². The van der Waals surface area contributed by atoms with Crippen LogP contribution in [0.5, 0.6) is 5.75 Å². The summed E-state index contributed by atoms with van der Waals surface area (Å²) in [5.41, 5.74) is 4.39. The molecule has 0 amide bonds. The van der Waals surface area contributed by atoms with Crippen LogP contribution in [0.3, 0.4) is 0 Å². The molecule has 0 radical (unpaired) electrons. The van der Waals surface area contributed by atoms with E-state index >= 15 is 4.39 Å². The van der Waals surface area contributed by atoms with E-state index in [1.165, 1.54) is 12.1 Å². The van der Waals surface area contributed by atoms with Crippen LogP contribution in [0.2, 0.25) is 0 Å². The van der Waals surface area contributed by atoms with Gasteiger partial charge in [-0.25, -0.2) is 4.39 Å². The molecule has 0 saturated carbocycles. The second kappa shape index (κ2) is 10.7. The Morgan fingerprint density at radius 1 is 0.857 bits per heavy atom. The van der Waals surface area contributed by atoms with E-state index in [-0.39, 0.29) is 11.6 Å². The standard InChI is InChI=1S/C29H25F4NO/c1-2-3-4-21-8-16-27(34-18-21)24-12-15-26-23(17-24)11-10-22(28(26)30)9-5-20-6-13-25(14-7-20)35-19-29(31,32)33/h2,6-8,10-18H,1,3-5,9,19H2. The fourth-order valence-corrected chi connectivity index (χ4v) is 3.90. The number of aromatic nitrogens is 1. The van der Waals surface area contributed by atoms with Crippen LogP contribution in [0.25, 0.3) is 22.0 Å². The van der Waals surface area contributed by atoms with Gasteiger partial charge in [-0.05, 0) is 72.0 Å². The van der Waals surface area contributed by atoms with Gasteiger partial charge in [-0.1, -0.05) is 48.5 Å². The second-order valence-electron chi connectivity index (χ2n) is 8.40. The molecule has 0 unspecified atom stereocenters. The molecule has 1 heterocycles. The van der Waals surface area contributed by atoms with E-state index in [9.17, 15) is 13.2 Å². The maximum absolute atomic E-state index is 15.2. The Bertz CT molecular complexity index is 1300. The minimum atomic E-state index is -4.38. The zero-order chi connectivity index (χ0) is 24.8. The van der Waals surface area contributed by atoms with Crippen LogP contribution >= 0.6 is 0 Å². The molecule has 35 heavy (non-hydrogen) atoms. The van der Waals surface area contributed by atoms with E-state index in [1.54, 1.807) is 24.3 Å². The molecule has 6 heteroatoms. The zero-order valence-electron chi connectivity index (χ0n) is 19.1. The van der Waals surface area contributed by atoms with Crippen molar-refractivity contribution in [2.45, 2.75) is 31.9 Å². The van der Waals surface area contributed by atoms with E-state index in [0.717, 1.165) is 40.6 Å². The lowest BCUT2D eigenvalue weighted by atomic mass is 9.98. The highest BCUT2D eigenvalue weighted by molar-refractivity contribution is 5.88. The first-order valence-electron chi connectivity index (χ1n) is 11.4. The van der Waals surface area contributed by atoms with Crippen molar-refractivity contribution in [1.82, 2.24) is 4.98 Å². The number of pyridine rings is 1. The number of allylic oxidation sites excluding steroid dienone is 1. The van der Waals surface area contributed by atoms with Crippen LogP contribution < -0.4 is 4.74 Å². The van der Waals surface area contributed by atoms with Gasteiger partial charge in [0, 0.05) is 17.1 Å². The van der Waals surface area contributed by atoms with E-state index in [0.29, 0.717) is 23.8 Å². The van der Waals surface area contributed by atoms with Crippen molar-refractivity contribution in [2.24, 2.45) is 0 Å². The number of hydrogen-bond donors (Lipinski definition) is 0. The second-order valence-corrected chi connectivity index (χ2v) is 8.40. The minimum absolute atomic E-state index is 0.152. The zero-order valence-corrected chi connectivity index (χ0v) is 19.1. The number of aryl methyl sites for hydroxylation is 3. The van der Waals surface area contributed by atoms with Crippen LogP contribution in [-0.2, 0) is 19.3 Å². The smallest absolute Gasteiger partial charge is 0.422 e. The van der Waals surface area contributed by atoms with Gasteiger partial charge < -0.3 is 4.74 Å². The van der Waals surface area contributed by atoms with Crippen molar-refractivity contribution < 1.29 is 22.3 Å². The fraction of sp³-hybridized carbons (Fsp3) is 0.207. The van der Waals surface area contributed by atoms with Crippen LogP contribution in [0.15, 0.2) is 85.6 Å². The van der Waals surface area contributed by atoms with Crippen molar-refractivity contribution in [3.8, 4) is 17.0 Å². The third-order valence-electron chi connectivity index (χ3n) is 5.80. The maximum Gasteiger partial charge on any atom is 0.422 e. The number of halogens is 4. The topological polar surface area (TPSA) is 22.1 Å². The third kappa shape index (κ3) is 6.47. The van der Waals surface area contributed by atoms with Gasteiger partial charge in [-0.2, -0.15) is 13.2 Å². The van der Waals surface area contributed by atoms with E-state index in [2.05, 4.69) is 17.6 Å². The minimum Gasteiger partial charge on any atom is -0.484 e. The van der Waals surface area contributed by atoms with Crippen molar-refractivity contribution in [1.29, 1.82) is 0 Å². The van der Waals surface area contributed by atoms with E-state index in [4.69, 9.17) is 4.74 Å². The van der Waals surface area contributed by atoms with Gasteiger partial charge in [0.25, 0.3) is 0 Å². The molecule has 4 aromatic rings. The summed E-state index contributed by atoms with van der Waals surface area (Å²) in [5.74, 6) is -0.105. The molecule has 0 saturated heterocycles. The Balaban J connectivity index is 1.43. The van der Waals surface area contributed by atoms with Gasteiger partial charge in [0.2, 0.25) is 0 Å². The summed E-state index contributed by atoms with van der Waals surface area (Å²) < 4.78 is 56.7. The fourth-order valence-electron chi connectivity index (χ4n) is 3.90. The summed E-state index contributed by atoms with van der Waals surface area (Å²) in [4.78, 5) is 4.55. The van der Waals surface area contributed by atoms with Gasteiger partial charge in [0.1, 0.15) is 11.6 Å². The Labute approximate surface area is 201 Å². The van der Waals surface area contributed by atoms with Crippen molar-refractivity contribution >= 4 is 10.8 Å². The number of ether oxygens (including phenoxy) is 1. The molecule has 0 aliphatic carbocycles. The predicted molar refractivity (Wildman–Crippen MR) is 131 cm³/mol. The Morgan fingerprint density at radius 2 is 1.63 bits per heavy atom. The lowest BCUT2D eigenvalue weighted by Gasteiger charge is -2.11. The molecule has 180 valence electrons. The quantitative estimate of drug-likeness (QED) is 0.180. The first kappa shape index (κ1) is 24.5. The summed E-state index contributed by atoms with van der Waals surface area (Å²) in [7, 11) is 0. The van der Waals surface area contributed by atoms with Crippen molar-refractivity contribution in [3.05, 3.63) is 108 Å². The van der Waals surface area contributed by atoms with Gasteiger partial charge in [-0.3, -0.25) is 4.98 Å². The summed E-state index contributed by atoms with van der Waals surface area (Å²) >= 11 is 0. The molecule has 0 fully saturated rings. The largest absolute Gasteiger partial charge is 0.484 e. The highest BCUT2D eigenvalue weighted by Gasteiger charge is 2.28. The van der Waals surface area contributed by atoms with Gasteiger partial charge in [0.15, 0.2) is 6.61 Å². The summed E-state index contributed by atoms with van der Waals surface area (Å²) in [6.45, 7) is 2.41. The van der Waals surface area contributed by atoms with Crippen molar-refractivity contribution in [3.63, 3.8) is 0 Å². The molecule has 0 bridgehead atoms. The highest BCUT2D eigenvalue weighted by atomic mass is 19.4. The number of alkyl halides is 3. The van der Waals surface area contributed by atoms with Crippen LogP contribution in [0, 0.1) is 5.82 Å². The highest BCUT2D eigenvalue weighted by Crippen LogP contribution is 2.28. The summed E-state index contributed by atoms with van der Waals surface area (Å²) in [6.07, 6.45) is 2.20. The molecule has 3 aromatic carbocycles. The van der Waals surface area contributed by atoms with E-state index < -0.39 is 12.8 Å². The van der Waals surface area contributed by atoms with E-state index in [1.807, 2.05) is 36.5 Å². The number of benzene rings is 3. The first-order chi connectivity index (χ1) is 16.8. The average molecular weight is 480 g/mol. The molecule has 0 atom stereocenters. The monoisotopic (exact) mass is 479 g/mol. The van der Waals surface area contributed by atoms with Crippen LogP contribution in [0.1, 0.15) is 23.1 Å². The molecule has 0 aliphatic heterocycles. The summed E-state index contributed by atoms with van der Waals surface area (Å²) in [6, 6.07) is 19.7. The molecule has 0 spiro atoms. The number of hydrogen-bond acceptors (Lipinski definition) is 2. The molecular weight excluding hydrogens is 454 g/mol. The summed E-state index contributed by atoms with van der Waals surface area (Å²) in [5, 5.41) is 1.34. The first-order valence-corrected chi connectivity index (χ1v) is 11.4. The molecule has 1 aromatic heterocycles. The van der Waals surface area contributed by atoms with Gasteiger partial charge in [-0.15, -0.1) is 6.58 Å². The molecule has 4 rings (SSSR count). The molecular formula is C29H25F4NO. The predicted octanol–water partition coefficient (Wildman–Crippen LogP) is 7.89. The SMILES string of the molecule is C=CCCc1ccc(-c2ccc3c(F)c(CCc4ccc(OCC(F)(F)F)cc4)ccc3c2)nc1. The lowest BCUT2D eigenvalue weighted by Crippen LogP contribution is -2.19. The third-order valence-corrected chi connectivity index (χ3v) is 5.80. The number of nitrogens with zero attached hydrogens (tertiary/aromatic N) is 1. The van der Waals surface area contributed by atoms with Crippen LogP contribution in [-0.4, -0.2) is 17.8 Å². The lowest BCUT2D eigenvalue weighted by molar-refractivity contribution is -0.153.